The number of hydrogen-bond acceptors (Lipinski definition) is 3. The lowest BCUT2D eigenvalue weighted by Crippen LogP contribution is -2.07. The molecule has 0 aliphatic heterocycles. The quantitative estimate of drug-likeness (QED) is 0.717. The Labute approximate surface area is 72.3 Å². The van der Waals surface area contributed by atoms with Crippen molar-refractivity contribution >= 4 is 29.3 Å². The van der Waals surface area contributed by atoms with Crippen LogP contribution in [0.25, 0.3) is 0 Å². The molecule has 0 aromatic heterocycles. The zero-order valence-electron chi connectivity index (χ0n) is 6.29. The predicted octanol–water partition coefficient (Wildman–Crippen LogP) is 1.28. The zero-order chi connectivity index (χ0) is 7.28. The van der Waals surface area contributed by atoms with Crippen LogP contribution in [0.5, 0.6) is 0 Å². The van der Waals surface area contributed by atoms with Crippen molar-refractivity contribution in [2.24, 2.45) is 11.7 Å². The number of carbonyl (C=O) groups excluding carboxylic acids is 1. The fraction of sp³-hybridized carbons (Fsp3) is 0.833. The standard InChI is InChI=1S/C6H13NOS.ClH/c1-5(2)6(8)9-4-3-7;/h5H,3-4,7H2,1-2H3;1H. The molecule has 0 amide bonds. The van der Waals surface area contributed by atoms with Crippen molar-refractivity contribution in [3.8, 4) is 0 Å². The summed E-state index contributed by atoms with van der Waals surface area (Å²) in [5, 5.41) is 0.237. The van der Waals surface area contributed by atoms with Gasteiger partial charge in [-0.15, -0.1) is 12.4 Å². The van der Waals surface area contributed by atoms with Gasteiger partial charge in [-0.25, -0.2) is 0 Å². The second kappa shape index (κ2) is 7.38. The van der Waals surface area contributed by atoms with Gasteiger partial charge in [-0.2, -0.15) is 0 Å². The SMILES string of the molecule is CC(C)C(=O)SCCN.Cl. The molecule has 0 aromatic rings. The summed E-state index contributed by atoms with van der Waals surface area (Å²) in [4.78, 5) is 10.8. The van der Waals surface area contributed by atoms with Crippen LogP contribution in [-0.4, -0.2) is 17.4 Å². The molecule has 2 nitrogen and oxygen atoms in total. The van der Waals surface area contributed by atoms with Gasteiger partial charge in [0.2, 0.25) is 0 Å². The molecule has 0 saturated carbocycles. The lowest BCUT2D eigenvalue weighted by molar-refractivity contribution is -0.113. The highest BCUT2D eigenvalue weighted by Crippen LogP contribution is 2.08. The molecule has 62 valence electrons. The molecule has 0 rings (SSSR count). The van der Waals surface area contributed by atoms with E-state index in [1.807, 2.05) is 13.8 Å². The largest absolute Gasteiger partial charge is 0.330 e. The summed E-state index contributed by atoms with van der Waals surface area (Å²) >= 11 is 1.32. The van der Waals surface area contributed by atoms with Gasteiger partial charge in [0.05, 0.1) is 0 Å². The van der Waals surface area contributed by atoms with Crippen molar-refractivity contribution in [1.82, 2.24) is 0 Å². The molecule has 0 heterocycles. The van der Waals surface area contributed by atoms with E-state index in [1.54, 1.807) is 0 Å². The highest BCUT2D eigenvalue weighted by Gasteiger charge is 2.05. The fourth-order valence-corrected chi connectivity index (χ4v) is 0.979. The normalized spacial score (nSPS) is 9.20. The first-order chi connectivity index (χ1) is 4.18. The van der Waals surface area contributed by atoms with E-state index >= 15 is 0 Å². The fourth-order valence-electron chi connectivity index (χ4n) is 0.326. The smallest absolute Gasteiger partial charge is 0.191 e. The Hall–Kier alpha value is 0.270. The Morgan fingerprint density at radius 3 is 2.40 bits per heavy atom. The number of nitrogens with two attached hydrogens (primary N) is 1. The average Bonchev–Trinajstić information content (AvgIpc) is 1.82. The molecule has 0 aliphatic carbocycles. The van der Waals surface area contributed by atoms with Crippen LogP contribution >= 0.6 is 24.2 Å². The van der Waals surface area contributed by atoms with Gasteiger partial charge in [0.25, 0.3) is 0 Å². The second-order valence-electron chi connectivity index (χ2n) is 2.11. The molecular weight excluding hydrogens is 170 g/mol. The van der Waals surface area contributed by atoms with Gasteiger partial charge in [-0.05, 0) is 0 Å². The number of thioether (sulfide) groups is 1. The van der Waals surface area contributed by atoms with E-state index in [0.29, 0.717) is 6.54 Å². The molecule has 4 heteroatoms. The monoisotopic (exact) mass is 183 g/mol. The van der Waals surface area contributed by atoms with E-state index in [4.69, 9.17) is 5.73 Å². The third-order valence-electron chi connectivity index (χ3n) is 0.834. The van der Waals surface area contributed by atoms with Crippen LogP contribution in [0.1, 0.15) is 13.8 Å². The van der Waals surface area contributed by atoms with Crippen LogP contribution in [-0.2, 0) is 4.79 Å². The summed E-state index contributed by atoms with van der Waals surface area (Å²) in [5.74, 6) is 0.887. The molecule has 2 N–H and O–H groups in total. The summed E-state index contributed by atoms with van der Waals surface area (Å²) in [6, 6.07) is 0. The highest BCUT2D eigenvalue weighted by atomic mass is 35.5. The summed E-state index contributed by atoms with van der Waals surface area (Å²) < 4.78 is 0. The molecule has 0 saturated heterocycles. The van der Waals surface area contributed by atoms with E-state index in [0.717, 1.165) is 5.75 Å². The molecular formula is C6H14ClNOS. The Morgan fingerprint density at radius 2 is 2.10 bits per heavy atom. The summed E-state index contributed by atoms with van der Waals surface area (Å²) in [7, 11) is 0. The van der Waals surface area contributed by atoms with E-state index in [9.17, 15) is 4.79 Å². The third kappa shape index (κ3) is 6.39. The van der Waals surface area contributed by atoms with E-state index in [2.05, 4.69) is 0 Å². The maximum atomic E-state index is 10.8. The Bertz CT molecular complexity index is 97.7. The van der Waals surface area contributed by atoms with Gasteiger partial charge >= 0.3 is 0 Å². The minimum atomic E-state index is 0. The van der Waals surface area contributed by atoms with Gasteiger partial charge < -0.3 is 5.73 Å². The first-order valence-corrected chi connectivity index (χ1v) is 4.03. The number of halogens is 1. The Kier molecular flexibility index (Phi) is 9.52. The average molecular weight is 184 g/mol. The topological polar surface area (TPSA) is 43.1 Å². The van der Waals surface area contributed by atoms with Crippen LogP contribution in [0.2, 0.25) is 0 Å². The van der Waals surface area contributed by atoms with Crippen molar-refractivity contribution < 1.29 is 4.79 Å². The van der Waals surface area contributed by atoms with E-state index in [1.165, 1.54) is 11.8 Å². The van der Waals surface area contributed by atoms with Gasteiger partial charge in [0.15, 0.2) is 5.12 Å². The molecule has 0 aliphatic rings. The van der Waals surface area contributed by atoms with Crippen molar-refractivity contribution in [2.75, 3.05) is 12.3 Å². The molecule has 0 atom stereocenters. The van der Waals surface area contributed by atoms with Crippen LogP contribution < -0.4 is 5.73 Å². The molecule has 0 radical (unpaired) electrons. The molecule has 0 fully saturated rings. The van der Waals surface area contributed by atoms with Crippen molar-refractivity contribution in [3.63, 3.8) is 0 Å². The summed E-state index contributed by atoms with van der Waals surface area (Å²) in [6.07, 6.45) is 0. The lowest BCUT2D eigenvalue weighted by Gasteiger charge is -1.99. The van der Waals surface area contributed by atoms with Gasteiger partial charge in [-0.3, -0.25) is 4.79 Å². The maximum absolute atomic E-state index is 10.8. The summed E-state index contributed by atoms with van der Waals surface area (Å²) in [5.41, 5.74) is 5.20. The predicted molar refractivity (Wildman–Crippen MR) is 48.6 cm³/mol. The minimum absolute atomic E-state index is 0. The van der Waals surface area contributed by atoms with Crippen LogP contribution in [0, 0.1) is 5.92 Å². The second-order valence-corrected chi connectivity index (χ2v) is 3.21. The Morgan fingerprint density at radius 1 is 1.60 bits per heavy atom. The number of hydrogen-bond donors (Lipinski definition) is 1. The molecule has 0 bridgehead atoms. The third-order valence-corrected chi connectivity index (χ3v) is 2.03. The van der Waals surface area contributed by atoms with Gasteiger partial charge in [0, 0.05) is 18.2 Å². The van der Waals surface area contributed by atoms with Crippen molar-refractivity contribution in [3.05, 3.63) is 0 Å². The number of rotatable bonds is 3. The first kappa shape index (κ1) is 12.9. The van der Waals surface area contributed by atoms with Gasteiger partial charge in [-0.1, -0.05) is 25.6 Å². The van der Waals surface area contributed by atoms with Gasteiger partial charge in [0.1, 0.15) is 0 Å². The van der Waals surface area contributed by atoms with Crippen LogP contribution in [0.4, 0.5) is 0 Å². The first-order valence-electron chi connectivity index (χ1n) is 3.05. The highest BCUT2D eigenvalue weighted by molar-refractivity contribution is 8.13. The van der Waals surface area contributed by atoms with E-state index < -0.39 is 0 Å². The lowest BCUT2D eigenvalue weighted by atomic mass is 10.3. The number of carbonyl (C=O) groups is 1. The Balaban J connectivity index is 0. The summed E-state index contributed by atoms with van der Waals surface area (Å²) in [6.45, 7) is 4.38. The molecule has 0 spiro atoms. The molecule has 10 heavy (non-hydrogen) atoms. The van der Waals surface area contributed by atoms with Crippen LogP contribution in [0.15, 0.2) is 0 Å². The van der Waals surface area contributed by atoms with Crippen molar-refractivity contribution in [2.45, 2.75) is 13.8 Å². The molecule has 0 aromatic carbocycles. The van der Waals surface area contributed by atoms with Crippen LogP contribution in [0.3, 0.4) is 0 Å². The van der Waals surface area contributed by atoms with Crippen molar-refractivity contribution in [1.29, 1.82) is 0 Å². The molecule has 0 unspecified atom stereocenters. The van der Waals surface area contributed by atoms with E-state index in [-0.39, 0.29) is 23.4 Å². The minimum Gasteiger partial charge on any atom is -0.330 e. The maximum Gasteiger partial charge on any atom is 0.191 e. The zero-order valence-corrected chi connectivity index (χ0v) is 7.93.